The maximum Gasteiger partial charge on any atom is 0.123 e. The van der Waals surface area contributed by atoms with Crippen LogP contribution in [0, 0.1) is 12.3 Å². The van der Waals surface area contributed by atoms with Crippen molar-refractivity contribution < 1.29 is 9.78 Å². The number of benzene rings is 1. The fraction of sp³-hybridized carbons (Fsp3) is 0.600. The van der Waals surface area contributed by atoms with Crippen LogP contribution in [0.25, 0.3) is 0 Å². The van der Waals surface area contributed by atoms with Crippen LogP contribution in [-0.4, -0.2) is 6.61 Å². The molecule has 0 aromatic heterocycles. The Balaban J connectivity index is 2.93. The molecule has 1 unspecified atom stereocenters. The van der Waals surface area contributed by atoms with E-state index in [1.54, 1.807) is 0 Å². The molecule has 0 amide bonds. The second kappa shape index (κ2) is 6.18. The average Bonchev–Trinajstić information content (AvgIpc) is 2.31. The maximum atomic E-state index is 5.57. The van der Waals surface area contributed by atoms with Crippen molar-refractivity contribution in [2.45, 2.75) is 47.1 Å². The van der Waals surface area contributed by atoms with Crippen LogP contribution in [0.1, 0.15) is 51.3 Å². The van der Waals surface area contributed by atoms with Crippen LogP contribution >= 0.6 is 0 Å². The van der Waals surface area contributed by atoms with Crippen molar-refractivity contribution in [2.75, 3.05) is 6.61 Å². The van der Waals surface area contributed by atoms with Crippen LogP contribution in [0.4, 0.5) is 0 Å². The van der Waals surface area contributed by atoms with Gasteiger partial charge in [0.25, 0.3) is 0 Å². The van der Waals surface area contributed by atoms with Crippen molar-refractivity contribution in [1.82, 2.24) is 0 Å². The van der Waals surface area contributed by atoms with Crippen LogP contribution in [0.5, 0.6) is 0 Å². The first-order valence-electron chi connectivity index (χ1n) is 6.36. The average molecular weight is 236 g/mol. The van der Waals surface area contributed by atoms with Gasteiger partial charge in [-0.05, 0) is 31.2 Å². The minimum absolute atomic E-state index is 0.0203. The SMILES string of the molecule is CCOOC(c1ccc(C)cc1)C(C)(C)CC. The van der Waals surface area contributed by atoms with Gasteiger partial charge in [-0.3, -0.25) is 0 Å². The van der Waals surface area contributed by atoms with Gasteiger partial charge in [-0.2, -0.15) is 0 Å². The summed E-state index contributed by atoms with van der Waals surface area (Å²) in [6, 6.07) is 8.47. The third-order valence-electron chi connectivity index (χ3n) is 3.28. The molecule has 2 nitrogen and oxygen atoms in total. The van der Waals surface area contributed by atoms with Crippen molar-refractivity contribution in [3.8, 4) is 0 Å². The zero-order chi connectivity index (χ0) is 12.9. The quantitative estimate of drug-likeness (QED) is 0.537. The molecule has 0 bridgehead atoms. The van der Waals surface area contributed by atoms with Gasteiger partial charge < -0.3 is 0 Å². The van der Waals surface area contributed by atoms with E-state index >= 15 is 0 Å². The molecular formula is C15H24O2. The van der Waals surface area contributed by atoms with Gasteiger partial charge >= 0.3 is 0 Å². The molecule has 0 aliphatic rings. The topological polar surface area (TPSA) is 18.5 Å². The lowest BCUT2D eigenvalue weighted by molar-refractivity contribution is -0.343. The molecule has 0 aliphatic heterocycles. The Morgan fingerprint density at radius 2 is 1.71 bits per heavy atom. The monoisotopic (exact) mass is 236 g/mol. The Morgan fingerprint density at radius 3 is 2.18 bits per heavy atom. The summed E-state index contributed by atoms with van der Waals surface area (Å²) in [6.07, 6.45) is 1.02. The smallest absolute Gasteiger partial charge is 0.123 e. The Labute approximate surface area is 105 Å². The number of rotatable bonds is 6. The molecule has 0 spiro atoms. The van der Waals surface area contributed by atoms with Gasteiger partial charge in [-0.25, -0.2) is 9.78 Å². The normalized spacial score (nSPS) is 13.7. The second-order valence-electron chi connectivity index (χ2n) is 5.14. The van der Waals surface area contributed by atoms with Crippen LogP contribution in [0.3, 0.4) is 0 Å². The highest BCUT2D eigenvalue weighted by Gasteiger charge is 2.31. The summed E-state index contributed by atoms with van der Waals surface area (Å²) >= 11 is 0. The number of aryl methyl sites for hydroxylation is 1. The molecule has 0 heterocycles. The van der Waals surface area contributed by atoms with E-state index in [9.17, 15) is 0 Å². The van der Waals surface area contributed by atoms with E-state index in [1.165, 1.54) is 11.1 Å². The first-order chi connectivity index (χ1) is 8.01. The van der Waals surface area contributed by atoms with Crippen molar-refractivity contribution in [3.05, 3.63) is 35.4 Å². The molecule has 17 heavy (non-hydrogen) atoms. The van der Waals surface area contributed by atoms with E-state index in [2.05, 4.69) is 52.0 Å². The molecule has 0 radical (unpaired) electrons. The molecule has 1 atom stereocenters. The van der Waals surface area contributed by atoms with E-state index in [0.29, 0.717) is 6.61 Å². The first-order valence-corrected chi connectivity index (χ1v) is 6.36. The highest BCUT2D eigenvalue weighted by atomic mass is 17.2. The third-order valence-corrected chi connectivity index (χ3v) is 3.28. The molecule has 0 N–H and O–H groups in total. The van der Waals surface area contributed by atoms with Crippen molar-refractivity contribution >= 4 is 0 Å². The molecule has 0 fully saturated rings. The van der Waals surface area contributed by atoms with E-state index in [1.807, 2.05) is 6.92 Å². The molecule has 96 valence electrons. The lowest BCUT2D eigenvalue weighted by Crippen LogP contribution is -2.24. The summed E-state index contributed by atoms with van der Waals surface area (Å²) in [5.41, 5.74) is 2.50. The Bertz CT molecular complexity index is 327. The molecule has 1 aromatic rings. The molecule has 1 rings (SSSR count). The molecular weight excluding hydrogens is 212 g/mol. The Hall–Kier alpha value is -0.860. The highest BCUT2D eigenvalue weighted by Crippen LogP contribution is 2.39. The summed E-state index contributed by atoms with van der Waals surface area (Å²) in [6.45, 7) is 11.2. The molecule has 0 aliphatic carbocycles. The van der Waals surface area contributed by atoms with Crippen molar-refractivity contribution in [1.29, 1.82) is 0 Å². The standard InChI is InChI=1S/C15H24O2/c1-6-15(4,5)14(17-16-7-2)13-10-8-12(3)9-11-13/h8-11,14H,6-7H2,1-5H3. The lowest BCUT2D eigenvalue weighted by Gasteiger charge is -2.32. The maximum absolute atomic E-state index is 5.57. The Morgan fingerprint density at radius 1 is 1.12 bits per heavy atom. The largest absolute Gasteiger partial charge is 0.236 e. The van der Waals surface area contributed by atoms with E-state index < -0.39 is 0 Å². The van der Waals surface area contributed by atoms with Gasteiger partial charge in [0.15, 0.2) is 0 Å². The van der Waals surface area contributed by atoms with Gasteiger partial charge in [0, 0.05) is 0 Å². The summed E-state index contributed by atoms with van der Waals surface area (Å²) in [7, 11) is 0. The minimum atomic E-state index is -0.0203. The lowest BCUT2D eigenvalue weighted by atomic mass is 9.80. The molecule has 2 heteroatoms. The predicted molar refractivity (Wildman–Crippen MR) is 70.7 cm³/mol. The first kappa shape index (κ1) is 14.2. The van der Waals surface area contributed by atoms with Gasteiger partial charge in [0.2, 0.25) is 0 Å². The molecule has 1 aromatic carbocycles. The minimum Gasteiger partial charge on any atom is -0.236 e. The summed E-state index contributed by atoms with van der Waals surface area (Å²) in [4.78, 5) is 10.7. The molecule has 0 saturated carbocycles. The summed E-state index contributed by atoms with van der Waals surface area (Å²) in [5.74, 6) is 0. The zero-order valence-electron chi connectivity index (χ0n) is 11.6. The van der Waals surface area contributed by atoms with Crippen LogP contribution in [-0.2, 0) is 9.78 Å². The van der Waals surface area contributed by atoms with Crippen molar-refractivity contribution in [3.63, 3.8) is 0 Å². The highest BCUT2D eigenvalue weighted by molar-refractivity contribution is 5.24. The molecule has 0 saturated heterocycles. The fourth-order valence-electron chi connectivity index (χ4n) is 1.70. The van der Waals surface area contributed by atoms with Gasteiger partial charge in [0.1, 0.15) is 6.10 Å². The van der Waals surface area contributed by atoms with E-state index in [-0.39, 0.29) is 11.5 Å². The van der Waals surface area contributed by atoms with E-state index in [4.69, 9.17) is 9.78 Å². The van der Waals surface area contributed by atoms with Gasteiger partial charge in [-0.15, -0.1) is 0 Å². The summed E-state index contributed by atoms with van der Waals surface area (Å²) in [5, 5.41) is 0. The number of hydrogen-bond acceptors (Lipinski definition) is 2. The zero-order valence-corrected chi connectivity index (χ0v) is 11.6. The fourth-order valence-corrected chi connectivity index (χ4v) is 1.70. The number of hydrogen-bond donors (Lipinski definition) is 0. The predicted octanol–water partition coefficient (Wildman–Crippen LogP) is 4.44. The van der Waals surface area contributed by atoms with Gasteiger partial charge in [0.05, 0.1) is 6.61 Å². The summed E-state index contributed by atoms with van der Waals surface area (Å²) < 4.78 is 0. The van der Waals surface area contributed by atoms with Crippen LogP contribution in [0.15, 0.2) is 24.3 Å². The van der Waals surface area contributed by atoms with Crippen molar-refractivity contribution in [2.24, 2.45) is 5.41 Å². The van der Waals surface area contributed by atoms with E-state index in [0.717, 1.165) is 6.42 Å². The third kappa shape index (κ3) is 3.83. The Kier molecular flexibility index (Phi) is 5.16. The van der Waals surface area contributed by atoms with Crippen LogP contribution < -0.4 is 0 Å². The van der Waals surface area contributed by atoms with Crippen LogP contribution in [0.2, 0.25) is 0 Å². The second-order valence-corrected chi connectivity index (χ2v) is 5.14. The van der Waals surface area contributed by atoms with Gasteiger partial charge in [-0.1, -0.05) is 50.6 Å².